The molecule has 2 N–H and O–H groups in total. The van der Waals surface area contributed by atoms with E-state index in [0.717, 1.165) is 38.6 Å². The van der Waals surface area contributed by atoms with Crippen LogP contribution in [0.15, 0.2) is 52.2 Å². The van der Waals surface area contributed by atoms with E-state index in [9.17, 15) is 14.7 Å². The summed E-state index contributed by atoms with van der Waals surface area (Å²) in [5.74, 6) is -0.249. The highest BCUT2D eigenvalue weighted by Gasteiger charge is 2.28. The number of anilines is 1. The molecule has 1 aromatic carbocycles. The van der Waals surface area contributed by atoms with Crippen LogP contribution in [-0.4, -0.2) is 70.0 Å². The first kappa shape index (κ1) is 26.2. The molecule has 1 saturated heterocycles. The summed E-state index contributed by atoms with van der Waals surface area (Å²) in [7, 11) is 2.10. The zero-order valence-corrected chi connectivity index (χ0v) is 21.1. The molecule has 0 spiro atoms. The Kier molecular flexibility index (Phi) is 10.4. The lowest BCUT2D eigenvalue weighted by atomic mass is 10.1. The maximum atomic E-state index is 12.3. The smallest absolute Gasteiger partial charge is 0.355 e. The van der Waals surface area contributed by atoms with Crippen molar-refractivity contribution in [2.75, 3.05) is 30.8 Å². The number of carboxylic acid groups (broad SMARTS) is 1. The van der Waals surface area contributed by atoms with Gasteiger partial charge in [0, 0.05) is 43.4 Å². The largest absolute Gasteiger partial charge is 0.476 e. The van der Waals surface area contributed by atoms with E-state index >= 15 is 0 Å². The highest BCUT2D eigenvalue weighted by Crippen LogP contribution is 2.25. The van der Waals surface area contributed by atoms with Crippen LogP contribution in [0.1, 0.15) is 49.0 Å². The zero-order valence-electron chi connectivity index (χ0n) is 19.5. The van der Waals surface area contributed by atoms with Gasteiger partial charge in [0.05, 0.1) is 12.1 Å². The Morgan fingerprint density at radius 2 is 2.12 bits per heavy atom. The van der Waals surface area contributed by atoms with Crippen molar-refractivity contribution in [2.24, 2.45) is 0 Å². The zero-order chi connectivity index (χ0) is 24.3. The average Bonchev–Trinajstić information content (AvgIpc) is 3.45. The summed E-state index contributed by atoms with van der Waals surface area (Å²) < 4.78 is 0.696. The van der Waals surface area contributed by atoms with Gasteiger partial charge in [0.2, 0.25) is 5.91 Å². The molecule has 0 bridgehead atoms. The van der Waals surface area contributed by atoms with Gasteiger partial charge in [-0.15, -0.1) is 11.3 Å². The predicted octanol–water partition coefficient (Wildman–Crippen LogP) is 4.54. The second kappa shape index (κ2) is 13.5. The number of thioether (sulfide) groups is 1. The van der Waals surface area contributed by atoms with E-state index in [2.05, 4.69) is 29.1 Å². The monoisotopic (exact) mass is 503 g/mol. The van der Waals surface area contributed by atoms with Crippen LogP contribution in [0.5, 0.6) is 0 Å². The van der Waals surface area contributed by atoms with Crippen LogP contribution in [0.25, 0.3) is 0 Å². The molecule has 2 aromatic rings. The average molecular weight is 504 g/mol. The Labute approximate surface area is 209 Å². The molecule has 1 aliphatic heterocycles. The van der Waals surface area contributed by atoms with Gasteiger partial charge in [-0.25, -0.2) is 9.78 Å². The SMILES string of the molecule is CN(CCCCC[C@H](O)/C=C/[C@H]1CCC(=O)N1CCSc1nc(C(=O)O)cs1)c1ccccc1. The van der Waals surface area contributed by atoms with E-state index in [1.165, 1.54) is 34.2 Å². The molecule has 1 aliphatic rings. The van der Waals surface area contributed by atoms with Crippen molar-refractivity contribution in [3.05, 3.63) is 53.6 Å². The summed E-state index contributed by atoms with van der Waals surface area (Å²) >= 11 is 2.77. The molecule has 0 radical (unpaired) electrons. The summed E-state index contributed by atoms with van der Waals surface area (Å²) in [5, 5.41) is 20.9. The third kappa shape index (κ3) is 8.14. The summed E-state index contributed by atoms with van der Waals surface area (Å²) in [5.41, 5.74) is 1.28. The Morgan fingerprint density at radius 3 is 2.85 bits per heavy atom. The van der Waals surface area contributed by atoms with Crippen molar-refractivity contribution < 1.29 is 19.8 Å². The molecule has 2 atom stereocenters. The lowest BCUT2D eigenvalue weighted by Gasteiger charge is -2.22. The summed E-state index contributed by atoms with van der Waals surface area (Å²) in [6, 6.07) is 10.3. The number of aromatic nitrogens is 1. The molecule has 1 amide bonds. The molecular formula is C25H33N3O4S2. The molecule has 34 heavy (non-hydrogen) atoms. The van der Waals surface area contributed by atoms with Crippen LogP contribution in [0.3, 0.4) is 0 Å². The topological polar surface area (TPSA) is 94.0 Å². The van der Waals surface area contributed by atoms with Gasteiger partial charge < -0.3 is 20.0 Å². The third-order valence-electron chi connectivity index (χ3n) is 5.88. The lowest BCUT2D eigenvalue weighted by Crippen LogP contribution is -2.33. The molecule has 184 valence electrons. The van der Waals surface area contributed by atoms with Crippen molar-refractivity contribution in [3.63, 3.8) is 0 Å². The van der Waals surface area contributed by atoms with E-state index in [1.807, 2.05) is 35.3 Å². The van der Waals surface area contributed by atoms with Gasteiger partial charge in [-0.1, -0.05) is 55.0 Å². The molecule has 2 heterocycles. The van der Waals surface area contributed by atoms with Gasteiger partial charge in [-0.3, -0.25) is 4.79 Å². The summed E-state index contributed by atoms with van der Waals surface area (Å²) in [4.78, 5) is 31.4. The molecule has 1 aromatic heterocycles. The third-order valence-corrected chi connectivity index (χ3v) is 7.88. The highest BCUT2D eigenvalue weighted by molar-refractivity contribution is 8.01. The molecule has 0 aliphatic carbocycles. The van der Waals surface area contributed by atoms with Gasteiger partial charge in [0.25, 0.3) is 0 Å². The number of carboxylic acids is 1. The Balaban J connectivity index is 1.34. The first-order chi connectivity index (χ1) is 16.4. The summed E-state index contributed by atoms with van der Waals surface area (Å²) in [6.07, 6.45) is 8.41. The van der Waals surface area contributed by atoms with Gasteiger partial charge in [0.15, 0.2) is 10.0 Å². The van der Waals surface area contributed by atoms with Crippen molar-refractivity contribution in [2.45, 2.75) is 55.0 Å². The second-order valence-electron chi connectivity index (χ2n) is 8.40. The Morgan fingerprint density at radius 1 is 1.32 bits per heavy atom. The molecular weight excluding hydrogens is 470 g/mol. The molecule has 9 heteroatoms. The highest BCUT2D eigenvalue weighted by atomic mass is 32.2. The fourth-order valence-corrected chi connectivity index (χ4v) is 5.75. The van der Waals surface area contributed by atoms with Crippen LogP contribution in [0, 0.1) is 0 Å². The van der Waals surface area contributed by atoms with E-state index in [1.54, 1.807) is 0 Å². The Bertz CT molecular complexity index is 951. The van der Waals surface area contributed by atoms with Gasteiger partial charge in [0.1, 0.15) is 0 Å². The molecule has 0 unspecified atom stereocenters. The van der Waals surface area contributed by atoms with Crippen molar-refractivity contribution >= 4 is 40.7 Å². The van der Waals surface area contributed by atoms with Gasteiger partial charge >= 0.3 is 5.97 Å². The standard InChI is InChI=1S/C25H33N3O4S2/c1-27(19-8-4-2-5-9-19)15-7-3-6-10-21(29)13-11-20-12-14-23(30)28(20)16-17-33-25-26-22(18-34-25)24(31)32/h2,4-5,8-9,11,13,18,20-21,29H,3,6-7,10,12,14-17H2,1H3,(H,31,32)/b13-11+/t20-,21-/m0/s1. The first-order valence-electron chi connectivity index (χ1n) is 11.7. The number of nitrogens with zero attached hydrogens (tertiary/aromatic N) is 3. The van der Waals surface area contributed by atoms with Crippen molar-refractivity contribution in [1.29, 1.82) is 0 Å². The van der Waals surface area contributed by atoms with Crippen LogP contribution in [-0.2, 0) is 4.79 Å². The number of carbonyl (C=O) groups excluding carboxylic acids is 1. The second-order valence-corrected chi connectivity index (χ2v) is 10.6. The number of hydrogen-bond acceptors (Lipinski definition) is 7. The molecule has 7 nitrogen and oxygen atoms in total. The number of rotatable bonds is 14. The van der Waals surface area contributed by atoms with Gasteiger partial charge in [-0.05, 0) is 31.4 Å². The van der Waals surface area contributed by atoms with Gasteiger partial charge in [-0.2, -0.15) is 0 Å². The number of aliphatic hydroxyl groups excluding tert-OH is 1. The number of amides is 1. The maximum Gasteiger partial charge on any atom is 0.355 e. The number of para-hydroxylation sites is 1. The van der Waals surface area contributed by atoms with Crippen molar-refractivity contribution in [1.82, 2.24) is 9.88 Å². The summed E-state index contributed by atoms with van der Waals surface area (Å²) in [6.45, 7) is 1.57. The molecule has 3 rings (SSSR count). The fraction of sp³-hybridized carbons (Fsp3) is 0.480. The van der Waals surface area contributed by atoms with E-state index in [4.69, 9.17) is 5.11 Å². The predicted molar refractivity (Wildman–Crippen MR) is 138 cm³/mol. The number of unbranched alkanes of at least 4 members (excludes halogenated alkanes) is 2. The molecule has 0 saturated carbocycles. The minimum absolute atomic E-state index is 0.00754. The quantitative estimate of drug-likeness (QED) is 0.222. The number of aliphatic hydroxyl groups is 1. The Hall–Kier alpha value is -2.36. The number of likely N-dealkylation sites (tertiary alicyclic amines) is 1. The number of carbonyl (C=O) groups is 2. The van der Waals surface area contributed by atoms with E-state index in [-0.39, 0.29) is 17.6 Å². The molecule has 1 fully saturated rings. The van der Waals surface area contributed by atoms with Crippen LogP contribution in [0.2, 0.25) is 0 Å². The number of thiazole rings is 1. The van der Waals surface area contributed by atoms with E-state index in [0.29, 0.717) is 23.1 Å². The van der Waals surface area contributed by atoms with E-state index < -0.39 is 12.1 Å². The van der Waals surface area contributed by atoms with Crippen LogP contribution < -0.4 is 4.90 Å². The van der Waals surface area contributed by atoms with Crippen LogP contribution in [0.4, 0.5) is 5.69 Å². The van der Waals surface area contributed by atoms with Crippen molar-refractivity contribution in [3.8, 4) is 0 Å². The number of benzene rings is 1. The normalized spacial score (nSPS) is 16.9. The van der Waals surface area contributed by atoms with Crippen LogP contribution >= 0.6 is 23.1 Å². The number of hydrogen-bond donors (Lipinski definition) is 2. The lowest BCUT2D eigenvalue weighted by molar-refractivity contribution is -0.128. The minimum atomic E-state index is -1.03. The number of aromatic carboxylic acids is 1. The fourth-order valence-electron chi connectivity index (χ4n) is 3.94. The maximum absolute atomic E-state index is 12.3. The first-order valence-corrected chi connectivity index (χ1v) is 13.5. The minimum Gasteiger partial charge on any atom is -0.476 e.